The van der Waals surface area contributed by atoms with Gasteiger partial charge < -0.3 is 14.2 Å². The van der Waals surface area contributed by atoms with Gasteiger partial charge in [0.2, 0.25) is 0 Å². The maximum atomic E-state index is 12.9. The SMILES string of the molecule is COCCOC(=O)c1c(C)nc(C)c(C(=O)OC(C)C)c1-c1cccc(N=O)c1. The number of aromatic nitrogens is 1. The number of nitroso groups, excluding NO2 is 1. The summed E-state index contributed by atoms with van der Waals surface area (Å²) in [5.74, 6) is -1.26. The zero-order valence-corrected chi connectivity index (χ0v) is 17.1. The molecular weight excluding hydrogens is 376 g/mol. The minimum atomic E-state index is -0.648. The Bertz CT molecular complexity index is 924. The van der Waals surface area contributed by atoms with Crippen molar-refractivity contribution in [3.63, 3.8) is 0 Å². The molecule has 0 spiro atoms. The molecule has 8 heteroatoms. The van der Waals surface area contributed by atoms with E-state index in [0.717, 1.165) is 0 Å². The van der Waals surface area contributed by atoms with Crippen LogP contribution in [0.25, 0.3) is 11.1 Å². The second-order valence-electron chi connectivity index (χ2n) is 6.63. The van der Waals surface area contributed by atoms with E-state index >= 15 is 0 Å². The van der Waals surface area contributed by atoms with Gasteiger partial charge in [-0.2, -0.15) is 0 Å². The topological polar surface area (TPSA) is 104 Å². The van der Waals surface area contributed by atoms with E-state index in [1.54, 1.807) is 39.8 Å². The number of benzene rings is 1. The van der Waals surface area contributed by atoms with E-state index in [1.165, 1.54) is 19.2 Å². The van der Waals surface area contributed by atoms with Gasteiger partial charge in [0.25, 0.3) is 0 Å². The molecule has 0 fully saturated rings. The lowest BCUT2D eigenvalue weighted by Crippen LogP contribution is -2.20. The van der Waals surface area contributed by atoms with Crippen molar-refractivity contribution in [3.8, 4) is 11.1 Å². The van der Waals surface area contributed by atoms with Crippen LogP contribution in [0.4, 0.5) is 5.69 Å². The highest BCUT2D eigenvalue weighted by molar-refractivity contribution is 6.07. The van der Waals surface area contributed by atoms with Crippen molar-refractivity contribution in [1.29, 1.82) is 0 Å². The fraction of sp³-hybridized carbons (Fsp3) is 0.381. The van der Waals surface area contributed by atoms with E-state index < -0.39 is 11.9 Å². The lowest BCUT2D eigenvalue weighted by atomic mass is 9.92. The molecule has 0 aliphatic heterocycles. The van der Waals surface area contributed by atoms with Gasteiger partial charge in [-0.05, 0) is 50.6 Å². The highest BCUT2D eigenvalue weighted by Gasteiger charge is 2.28. The number of pyridine rings is 1. The molecule has 2 rings (SSSR count). The molecule has 0 aliphatic rings. The molecule has 0 bridgehead atoms. The van der Waals surface area contributed by atoms with Gasteiger partial charge in [-0.15, -0.1) is 4.91 Å². The van der Waals surface area contributed by atoms with Crippen molar-refractivity contribution in [1.82, 2.24) is 4.98 Å². The van der Waals surface area contributed by atoms with E-state index in [9.17, 15) is 14.5 Å². The van der Waals surface area contributed by atoms with Crippen molar-refractivity contribution in [2.75, 3.05) is 20.3 Å². The van der Waals surface area contributed by atoms with Crippen LogP contribution >= 0.6 is 0 Å². The van der Waals surface area contributed by atoms with Crippen LogP contribution in [0.2, 0.25) is 0 Å². The molecule has 0 amide bonds. The number of hydrogen-bond donors (Lipinski definition) is 0. The van der Waals surface area contributed by atoms with Crippen LogP contribution in [0, 0.1) is 18.8 Å². The number of ether oxygens (including phenoxy) is 3. The molecule has 2 aromatic rings. The van der Waals surface area contributed by atoms with Gasteiger partial charge in [-0.25, -0.2) is 9.59 Å². The molecule has 0 radical (unpaired) electrons. The van der Waals surface area contributed by atoms with Gasteiger partial charge in [-0.1, -0.05) is 12.1 Å². The first-order chi connectivity index (χ1) is 13.8. The van der Waals surface area contributed by atoms with Crippen molar-refractivity contribution in [3.05, 3.63) is 51.7 Å². The summed E-state index contributed by atoms with van der Waals surface area (Å²) in [6.07, 6.45) is -0.365. The predicted molar refractivity (Wildman–Crippen MR) is 107 cm³/mol. The normalized spacial score (nSPS) is 10.7. The molecule has 29 heavy (non-hydrogen) atoms. The van der Waals surface area contributed by atoms with Crippen LogP contribution in [0.15, 0.2) is 29.4 Å². The van der Waals surface area contributed by atoms with E-state index in [0.29, 0.717) is 22.5 Å². The Morgan fingerprint density at radius 2 is 1.72 bits per heavy atom. The second-order valence-corrected chi connectivity index (χ2v) is 6.63. The van der Waals surface area contributed by atoms with Crippen molar-refractivity contribution >= 4 is 17.6 Å². The highest BCUT2D eigenvalue weighted by atomic mass is 16.6. The van der Waals surface area contributed by atoms with Gasteiger partial charge in [0.05, 0.1) is 35.2 Å². The standard InChI is InChI=1S/C21H24N2O6/c1-12(2)29-21(25)18-14(4)22-13(3)17(20(24)28-10-9-27-5)19(18)15-7-6-8-16(11-15)23-26/h6-8,11-12H,9-10H2,1-5H3. The third-order valence-corrected chi connectivity index (χ3v) is 4.07. The number of carbonyl (C=O) groups is 2. The summed E-state index contributed by atoms with van der Waals surface area (Å²) >= 11 is 0. The zero-order chi connectivity index (χ0) is 21.6. The summed E-state index contributed by atoms with van der Waals surface area (Å²) in [7, 11) is 1.50. The van der Waals surface area contributed by atoms with Gasteiger partial charge in [0, 0.05) is 12.7 Å². The third kappa shape index (κ3) is 5.23. The monoisotopic (exact) mass is 400 g/mol. The summed E-state index contributed by atoms with van der Waals surface area (Å²) in [5, 5.41) is 2.95. The average Bonchev–Trinajstić information content (AvgIpc) is 2.66. The quantitative estimate of drug-likeness (QED) is 0.373. The van der Waals surface area contributed by atoms with E-state index in [2.05, 4.69) is 10.2 Å². The molecular formula is C21H24N2O6. The maximum Gasteiger partial charge on any atom is 0.340 e. The summed E-state index contributed by atoms with van der Waals surface area (Å²) in [5.41, 5.74) is 2.00. The Kier molecular flexibility index (Phi) is 7.55. The van der Waals surface area contributed by atoms with Crippen LogP contribution in [0.1, 0.15) is 46.0 Å². The summed E-state index contributed by atoms with van der Waals surface area (Å²) in [6, 6.07) is 6.33. The van der Waals surface area contributed by atoms with Gasteiger partial charge in [0.1, 0.15) is 12.3 Å². The lowest BCUT2D eigenvalue weighted by Gasteiger charge is -2.19. The molecule has 154 valence electrons. The van der Waals surface area contributed by atoms with E-state index in [1.807, 2.05) is 0 Å². The van der Waals surface area contributed by atoms with Crippen LogP contribution < -0.4 is 0 Å². The number of carbonyl (C=O) groups excluding carboxylic acids is 2. The molecule has 0 atom stereocenters. The minimum Gasteiger partial charge on any atom is -0.460 e. The Morgan fingerprint density at radius 3 is 2.31 bits per heavy atom. The third-order valence-electron chi connectivity index (χ3n) is 4.07. The Balaban J connectivity index is 2.76. The van der Waals surface area contributed by atoms with Crippen molar-refractivity contribution in [2.24, 2.45) is 5.18 Å². The molecule has 8 nitrogen and oxygen atoms in total. The Labute approximate surface area is 169 Å². The molecule has 1 aromatic carbocycles. The Hall–Kier alpha value is -3.13. The number of methoxy groups -OCH3 is 1. The first-order valence-electron chi connectivity index (χ1n) is 9.12. The first kappa shape index (κ1) is 22.2. The number of rotatable bonds is 8. The fourth-order valence-corrected chi connectivity index (χ4v) is 2.92. The predicted octanol–water partition coefficient (Wildman–Crippen LogP) is 4.13. The largest absolute Gasteiger partial charge is 0.460 e. The van der Waals surface area contributed by atoms with Crippen LogP contribution in [0.5, 0.6) is 0 Å². The zero-order valence-electron chi connectivity index (χ0n) is 17.1. The van der Waals surface area contributed by atoms with E-state index in [-0.39, 0.29) is 36.1 Å². The average molecular weight is 400 g/mol. The highest BCUT2D eigenvalue weighted by Crippen LogP contribution is 2.34. The van der Waals surface area contributed by atoms with Crippen molar-refractivity contribution < 1.29 is 23.8 Å². The summed E-state index contributed by atoms with van der Waals surface area (Å²) in [4.78, 5) is 41.1. The lowest BCUT2D eigenvalue weighted by molar-refractivity contribution is 0.0377. The fourth-order valence-electron chi connectivity index (χ4n) is 2.92. The summed E-state index contributed by atoms with van der Waals surface area (Å²) in [6.45, 7) is 7.05. The molecule has 0 saturated carbocycles. The van der Waals surface area contributed by atoms with Crippen LogP contribution in [-0.4, -0.2) is 43.4 Å². The van der Waals surface area contributed by atoms with Gasteiger partial charge in [-0.3, -0.25) is 4.98 Å². The molecule has 0 aliphatic carbocycles. The number of nitrogens with zero attached hydrogens (tertiary/aromatic N) is 2. The minimum absolute atomic E-state index is 0.0454. The maximum absolute atomic E-state index is 12.9. The van der Waals surface area contributed by atoms with Gasteiger partial charge >= 0.3 is 11.9 Å². The number of esters is 2. The molecule has 0 saturated heterocycles. The molecule has 1 aromatic heterocycles. The van der Waals surface area contributed by atoms with Crippen molar-refractivity contribution in [2.45, 2.75) is 33.8 Å². The first-order valence-corrected chi connectivity index (χ1v) is 9.12. The number of aryl methyl sites for hydroxylation is 2. The van der Waals surface area contributed by atoms with Crippen LogP contribution in [-0.2, 0) is 14.2 Å². The smallest absolute Gasteiger partial charge is 0.340 e. The van der Waals surface area contributed by atoms with E-state index in [4.69, 9.17) is 14.2 Å². The second kappa shape index (κ2) is 9.88. The molecule has 0 N–H and O–H groups in total. The molecule has 1 heterocycles. The summed E-state index contributed by atoms with van der Waals surface area (Å²) < 4.78 is 15.6. The van der Waals surface area contributed by atoms with Gasteiger partial charge in [0.15, 0.2) is 0 Å². The number of hydrogen-bond acceptors (Lipinski definition) is 8. The van der Waals surface area contributed by atoms with Crippen LogP contribution in [0.3, 0.4) is 0 Å². The Morgan fingerprint density at radius 1 is 1.07 bits per heavy atom. The molecule has 0 unspecified atom stereocenters.